The summed E-state index contributed by atoms with van der Waals surface area (Å²) in [5.41, 5.74) is 1.28. The summed E-state index contributed by atoms with van der Waals surface area (Å²) < 4.78 is 10.6. The minimum absolute atomic E-state index is 0.188. The number of hydrogen-bond donors (Lipinski definition) is 2. The van der Waals surface area contributed by atoms with Gasteiger partial charge in [-0.3, -0.25) is 0 Å². The fraction of sp³-hybridized carbons (Fsp3) is 0.533. The van der Waals surface area contributed by atoms with Gasteiger partial charge in [0.15, 0.2) is 0 Å². The number of aliphatic hydroxyl groups is 1. The first-order chi connectivity index (χ1) is 9.63. The number of aliphatic hydroxyl groups excluding tert-OH is 1. The number of para-hydroxylation sites is 1. The maximum absolute atomic E-state index is 9.77. The largest absolute Gasteiger partial charge is 0.389 e. The molecule has 0 spiro atoms. The second-order valence-electron chi connectivity index (χ2n) is 4.69. The topological polar surface area (TPSA) is 74.5 Å². The maximum Gasteiger partial charge on any atom is 0.101 e. The van der Waals surface area contributed by atoms with Crippen LogP contribution in [0, 0.1) is 11.3 Å². The Morgan fingerprint density at radius 1 is 1.30 bits per heavy atom. The second-order valence-corrected chi connectivity index (χ2v) is 4.69. The molecule has 0 aliphatic heterocycles. The zero-order valence-electron chi connectivity index (χ0n) is 12.0. The fourth-order valence-electron chi connectivity index (χ4n) is 1.58. The number of anilines is 1. The van der Waals surface area contributed by atoms with E-state index in [1.54, 1.807) is 12.1 Å². The highest BCUT2D eigenvalue weighted by Gasteiger charge is 2.06. The molecular weight excluding hydrogens is 256 g/mol. The predicted molar refractivity (Wildman–Crippen MR) is 77.6 cm³/mol. The Morgan fingerprint density at radius 3 is 2.75 bits per heavy atom. The van der Waals surface area contributed by atoms with Crippen molar-refractivity contribution in [2.45, 2.75) is 26.1 Å². The highest BCUT2D eigenvalue weighted by atomic mass is 16.5. The number of hydrogen-bond acceptors (Lipinski definition) is 5. The van der Waals surface area contributed by atoms with Crippen molar-refractivity contribution >= 4 is 5.69 Å². The van der Waals surface area contributed by atoms with Gasteiger partial charge in [-0.1, -0.05) is 12.1 Å². The van der Waals surface area contributed by atoms with Gasteiger partial charge in [0.25, 0.3) is 0 Å². The van der Waals surface area contributed by atoms with Crippen molar-refractivity contribution in [3.05, 3.63) is 29.8 Å². The van der Waals surface area contributed by atoms with Crippen LogP contribution in [0.1, 0.15) is 19.4 Å². The molecule has 5 nitrogen and oxygen atoms in total. The van der Waals surface area contributed by atoms with Crippen molar-refractivity contribution in [2.24, 2.45) is 0 Å². The standard InChI is InChI=1S/C15H22N2O3/c1-12(2)20-8-7-19-11-14(18)10-17-15-6-4-3-5-13(15)9-16/h3-6,12,14,17-18H,7-8,10-11H2,1-2H3. The van der Waals surface area contributed by atoms with Crippen LogP contribution in [0.15, 0.2) is 24.3 Å². The van der Waals surface area contributed by atoms with E-state index in [0.717, 1.165) is 5.69 Å². The van der Waals surface area contributed by atoms with E-state index in [-0.39, 0.29) is 12.7 Å². The van der Waals surface area contributed by atoms with Crippen molar-refractivity contribution < 1.29 is 14.6 Å². The predicted octanol–water partition coefficient (Wildman–Crippen LogP) is 1.77. The van der Waals surface area contributed by atoms with E-state index in [4.69, 9.17) is 14.7 Å². The lowest BCUT2D eigenvalue weighted by atomic mass is 10.2. The second kappa shape index (κ2) is 9.32. The van der Waals surface area contributed by atoms with Crippen molar-refractivity contribution in [3.8, 4) is 6.07 Å². The highest BCUT2D eigenvalue weighted by molar-refractivity contribution is 5.57. The first-order valence-electron chi connectivity index (χ1n) is 6.74. The average Bonchev–Trinajstić information content (AvgIpc) is 2.44. The van der Waals surface area contributed by atoms with Crippen LogP contribution in [-0.4, -0.2) is 43.7 Å². The number of rotatable bonds is 9. The number of nitrogens with zero attached hydrogens (tertiary/aromatic N) is 1. The molecule has 2 N–H and O–H groups in total. The Kier molecular flexibility index (Phi) is 7.66. The molecule has 1 aromatic rings. The van der Waals surface area contributed by atoms with E-state index in [1.807, 2.05) is 26.0 Å². The summed E-state index contributed by atoms with van der Waals surface area (Å²) in [5, 5.41) is 21.7. The number of nitrogens with one attached hydrogen (secondary N) is 1. The Hall–Kier alpha value is -1.61. The monoisotopic (exact) mass is 278 g/mol. The van der Waals surface area contributed by atoms with Gasteiger partial charge in [-0.2, -0.15) is 5.26 Å². The van der Waals surface area contributed by atoms with Crippen LogP contribution in [0.25, 0.3) is 0 Å². The molecule has 0 aromatic heterocycles. The Balaban J connectivity index is 2.20. The van der Waals surface area contributed by atoms with Gasteiger partial charge in [-0.25, -0.2) is 0 Å². The third kappa shape index (κ3) is 6.53. The molecule has 0 fully saturated rings. The van der Waals surface area contributed by atoms with Gasteiger partial charge < -0.3 is 19.9 Å². The molecule has 0 amide bonds. The van der Waals surface area contributed by atoms with Crippen LogP contribution in [0.4, 0.5) is 5.69 Å². The molecule has 0 saturated heterocycles. The Morgan fingerprint density at radius 2 is 2.05 bits per heavy atom. The fourth-order valence-corrected chi connectivity index (χ4v) is 1.58. The molecule has 1 unspecified atom stereocenters. The summed E-state index contributed by atoms with van der Waals surface area (Å²) in [6, 6.07) is 9.28. The molecule has 1 atom stereocenters. The molecule has 0 bridgehead atoms. The summed E-state index contributed by atoms with van der Waals surface area (Å²) in [5.74, 6) is 0. The molecule has 1 aromatic carbocycles. The van der Waals surface area contributed by atoms with Crippen LogP contribution in [0.5, 0.6) is 0 Å². The van der Waals surface area contributed by atoms with E-state index in [2.05, 4.69) is 11.4 Å². The lowest BCUT2D eigenvalue weighted by Gasteiger charge is -2.14. The molecule has 0 saturated carbocycles. The zero-order valence-corrected chi connectivity index (χ0v) is 12.0. The third-order valence-electron chi connectivity index (χ3n) is 2.56. The van der Waals surface area contributed by atoms with Crippen LogP contribution in [-0.2, 0) is 9.47 Å². The third-order valence-corrected chi connectivity index (χ3v) is 2.56. The van der Waals surface area contributed by atoms with Gasteiger partial charge in [0, 0.05) is 6.54 Å². The molecule has 110 valence electrons. The lowest BCUT2D eigenvalue weighted by Crippen LogP contribution is -2.26. The smallest absolute Gasteiger partial charge is 0.101 e. The SMILES string of the molecule is CC(C)OCCOCC(O)CNc1ccccc1C#N. The first kappa shape index (κ1) is 16.4. The van der Waals surface area contributed by atoms with Crippen molar-refractivity contribution in [1.29, 1.82) is 5.26 Å². The van der Waals surface area contributed by atoms with Crippen LogP contribution in [0.3, 0.4) is 0 Å². The average molecular weight is 278 g/mol. The van der Waals surface area contributed by atoms with Gasteiger partial charge in [0.05, 0.1) is 43.3 Å². The Bertz CT molecular complexity index is 429. The lowest BCUT2D eigenvalue weighted by molar-refractivity contribution is -0.00734. The molecule has 0 aliphatic rings. The Labute approximate surface area is 120 Å². The molecule has 0 heterocycles. The molecular formula is C15H22N2O3. The number of nitriles is 1. The van der Waals surface area contributed by atoms with Gasteiger partial charge in [-0.05, 0) is 26.0 Å². The summed E-state index contributed by atoms with van der Waals surface area (Å²) in [7, 11) is 0. The van der Waals surface area contributed by atoms with Crippen LogP contribution < -0.4 is 5.32 Å². The van der Waals surface area contributed by atoms with Gasteiger partial charge in [-0.15, -0.1) is 0 Å². The highest BCUT2D eigenvalue weighted by Crippen LogP contribution is 2.13. The van der Waals surface area contributed by atoms with Crippen molar-refractivity contribution in [2.75, 3.05) is 31.7 Å². The summed E-state index contributed by atoms with van der Waals surface area (Å²) >= 11 is 0. The minimum Gasteiger partial charge on any atom is -0.389 e. The van der Waals surface area contributed by atoms with E-state index in [9.17, 15) is 5.11 Å². The summed E-state index contributed by atoms with van der Waals surface area (Å²) in [4.78, 5) is 0. The summed E-state index contributed by atoms with van der Waals surface area (Å²) in [6.07, 6.45) is -0.437. The normalized spacial score (nSPS) is 12.2. The van der Waals surface area contributed by atoms with Gasteiger partial charge in [0.2, 0.25) is 0 Å². The first-order valence-corrected chi connectivity index (χ1v) is 6.74. The molecule has 0 aliphatic carbocycles. The van der Waals surface area contributed by atoms with Crippen molar-refractivity contribution in [3.63, 3.8) is 0 Å². The van der Waals surface area contributed by atoms with Gasteiger partial charge in [0.1, 0.15) is 6.07 Å². The molecule has 0 radical (unpaired) electrons. The van der Waals surface area contributed by atoms with E-state index < -0.39 is 6.10 Å². The quantitative estimate of drug-likeness (QED) is 0.673. The zero-order chi connectivity index (χ0) is 14.8. The summed E-state index contributed by atoms with van der Waals surface area (Å²) in [6.45, 7) is 5.49. The van der Waals surface area contributed by atoms with Crippen LogP contribution in [0.2, 0.25) is 0 Å². The van der Waals surface area contributed by atoms with Crippen LogP contribution >= 0.6 is 0 Å². The molecule has 1 rings (SSSR count). The maximum atomic E-state index is 9.77. The van der Waals surface area contributed by atoms with Gasteiger partial charge >= 0.3 is 0 Å². The number of benzene rings is 1. The van der Waals surface area contributed by atoms with E-state index in [0.29, 0.717) is 25.3 Å². The minimum atomic E-state index is -0.624. The van der Waals surface area contributed by atoms with E-state index in [1.165, 1.54) is 0 Å². The molecule has 5 heteroatoms. The van der Waals surface area contributed by atoms with E-state index >= 15 is 0 Å². The van der Waals surface area contributed by atoms with Crippen molar-refractivity contribution in [1.82, 2.24) is 0 Å². The number of ether oxygens (including phenoxy) is 2. The molecule has 20 heavy (non-hydrogen) atoms.